The van der Waals surface area contributed by atoms with Crippen LogP contribution in [-0.4, -0.2) is 30.8 Å². The third-order valence-corrected chi connectivity index (χ3v) is 6.60. The van der Waals surface area contributed by atoms with Gasteiger partial charge in [0.05, 0.1) is 0 Å². The molecule has 0 aromatic heterocycles. The van der Waals surface area contributed by atoms with Gasteiger partial charge >= 0.3 is 6.09 Å². The smallest absolute Gasteiger partial charge is 0.407 e. The first-order valence-corrected chi connectivity index (χ1v) is 11.4. The molecule has 2 atom stereocenters. The second-order valence-electron chi connectivity index (χ2n) is 9.06. The maximum Gasteiger partial charge on any atom is 0.407 e. The van der Waals surface area contributed by atoms with Crippen LogP contribution in [0.15, 0.2) is 48.5 Å². The summed E-state index contributed by atoms with van der Waals surface area (Å²) in [5, 5.41) is 6.71. The topological polar surface area (TPSA) is 50.4 Å². The number of aryl methyl sites for hydroxylation is 2. The van der Waals surface area contributed by atoms with Crippen LogP contribution >= 0.6 is 0 Å². The summed E-state index contributed by atoms with van der Waals surface area (Å²) in [6.07, 6.45) is 6.31. The SMILES string of the molecule is Cc1ccc(C(c2ccc(C)cc2)C2C[C@@H](OC(=O)NC3CCCCC3)CN2)cc1. The molecule has 1 amide bonds. The molecule has 1 aliphatic heterocycles. The first kappa shape index (κ1) is 20.9. The molecule has 2 fully saturated rings. The van der Waals surface area contributed by atoms with Gasteiger partial charge < -0.3 is 15.4 Å². The van der Waals surface area contributed by atoms with Crippen LogP contribution in [0.25, 0.3) is 0 Å². The van der Waals surface area contributed by atoms with E-state index < -0.39 is 0 Å². The molecule has 0 radical (unpaired) electrons. The maximum absolute atomic E-state index is 12.4. The number of carbonyl (C=O) groups is 1. The van der Waals surface area contributed by atoms with Gasteiger partial charge in [-0.3, -0.25) is 0 Å². The molecule has 2 aromatic carbocycles. The molecule has 160 valence electrons. The molecule has 1 saturated heterocycles. The van der Waals surface area contributed by atoms with Gasteiger partial charge in [0.1, 0.15) is 6.10 Å². The minimum atomic E-state index is -0.253. The summed E-state index contributed by atoms with van der Waals surface area (Å²) >= 11 is 0. The number of carbonyl (C=O) groups excluding carboxylic acids is 1. The lowest BCUT2D eigenvalue weighted by Gasteiger charge is -2.26. The second-order valence-corrected chi connectivity index (χ2v) is 9.06. The average Bonchev–Trinajstić information content (AvgIpc) is 3.19. The van der Waals surface area contributed by atoms with Crippen LogP contribution in [0.4, 0.5) is 4.79 Å². The van der Waals surface area contributed by atoms with E-state index in [0.717, 1.165) is 19.3 Å². The number of rotatable bonds is 5. The van der Waals surface area contributed by atoms with Gasteiger partial charge in [0.25, 0.3) is 0 Å². The average molecular weight is 407 g/mol. The quantitative estimate of drug-likeness (QED) is 0.715. The number of hydrogen-bond acceptors (Lipinski definition) is 3. The Morgan fingerprint density at radius 2 is 1.50 bits per heavy atom. The predicted octanol–water partition coefficient (Wildman–Crippen LogP) is 5.22. The summed E-state index contributed by atoms with van der Waals surface area (Å²) in [6.45, 7) is 4.94. The highest BCUT2D eigenvalue weighted by Gasteiger charge is 2.34. The van der Waals surface area contributed by atoms with Crippen molar-refractivity contribution in [2.75, 3.05) is 6.54 Å². The van der Waals surface area contributed by atoms with Crippen LogP contribution in [-0.2, 0) is 4.74 Å². The summed E-state index contributed by atoms with van der Waals surface area (Å²) in [5.41, 5.74) is 5.13. The number of hydrogen-bond donors (Lipinski definition) is 2. The van der Waals surface area contributed by atoms with E-state index >= 15 is 0 Å². The first-order valence-electron chi connectivity index (χ1n) is 11.4. The van der Waals surface area contributed by atoms with Gasteiger partial charge in [0.2, 0.25) is 0 Å². The molecular weight excluding hydrogens is 372 g/mol. The van der Waals surface area contributed by atoms with Gasteiger partial charge in [-0.1, -0.05) is 78.9 Å². The fourth-order valence-corrected chi connectivity index (χ4v) is 4.88. The molecule has 4 rings (SSSR count). The van der Waals surface area contributed by atoms with E-state index in [4.69, 9.17) is 4.74 Å². The zero-order valence-electron chi connectivity index (χ0n) is 18.2. The number of alkyl carbamates (subject to hydrolysis) is 1. The fourth-order valence-electron chi connectivity index (χ4n) is 4.88. The summed E-state index contributed by atoms with van der Waals surface area (Å²) < 4.78 is 5.79. The molecule has 1 heterocycles. The Balaban J connectivity index is 1.43. The van der Waals surface area contributed by atoms with Crippen molar-refractivity contribution in [3.05, 3.63) is 70.8 Å². The van der Waals surface area contributed by atoms with Crippen molar-refractivity contribution in [1.29, 1.82) is 0 Å². The lowest BCUT2D eigenvalue weighted by molar-refractivity contribution is 0.101. The van der Waals surface area contributed by atoms with Gasteiger partial charge in [-0.2, -0.15) is 0 Å². The van der Waals surface area contributed by atoms with Gasteiger partial charge in [0.15, 0.2) is 0 Å². The normalized spacial score (nSPS) is 22.2. The fraction of sp³-hybridized carbons (Fsp3) is 0.500. The van der Waals surface area contributed by atoms with Crippen molar-refractivity contribution < 1.29 is 9.53 Å². The Morgan fingerprint density at radius 1 is 0.933 bits per heavy atom. The minimum absolute atomic E-state index is 0.0861. The maximum atomic E-state index is 12.4. The van der Waals surface area contributed by atoms with Gasteiger partial charge in [-0.15, -0.1) is 0 Å². The highest BCUT2D eigenvalue weighted by molar-refractivity contribution is 5.67. The molecule has 0 spiro atoms. The van der Waals surface area contributed by atoms with Crippen LogP contribution in [0.1, 0.15) is 66.7 Å². The van der Waals surface area contributed by atoms with E-state index in [-0.39, 0.29) is 30.2 Å². The van der Waals surface area contributed by atoms with Crippen molar-refractivity contribution in [1.82, 2.24) is 10.6 Å². The van der Waals surface area contributed by atoms with E-state index in [1.54, 1.807) is 0 Å². The molecule has 1 aliphatic carbocycles. The summed E-state index contributed by atoms with van der Waals surface area (Å²) in [6, 6.07) is 18.1. The first-order chi connectivity index (χ1) is 14.6. The molecule has 2 aliphatic rings. The largest absolute Gasteiger partial charge is 0.445 e. The third-order valence-electron chi connectivity index (χ3n) is 6.60. The third kappa shape index (κ3) is 5.23. The van der Waals surface area contributed by atoms with E-state index in [2.05, 4.69) is 73.0 Å². The Bertz CT molecular complexity index is 780. The van der Waals surface area contributed by atoms with Gasteiger partial charge in [-0.05, 0) is 37.8 Å². The Kier molecular flexibility index (Phi) is 6.73. The minimum Gasteiger partial charge on any atom is -0.445 e. The van der Waals surface area contributed by atoms with Gasteiger partial charge in [-0.25, -0.2) is 4.79 Å². The molecule has 4 nitrogen and oxygen atoms in total. The Hall–Kier alpha value is -2.33. The van der Waals surface area contributed by atoms with Crippen LogP contribution in [0.2, 0.25) is 0 Å². The molecule has 30 heavy (non-hydrogen) atoms. The van der Waals surface area contributed by atoms with Crippen molar-refractivity contribution in [2.45, 2.75) is 76.5 Å². The standard InChI is InChI=1S/C26H34N2O2/c1-18-8-12-20(13-9-18)25(21-14-10-19(2)11-15-21)24-16-23(17-27-24)30-26(29)28-22-6-4-3-5-7-22/h8-15,22-25,27H,3-7,16-17H2,1-2H3,(H,28,29)/t23-,24?/m1/s1. The zero-order chi connectivity index (χ0) is 20.9. The second kappa shape index (κ2) is 9.65. The number of ether oxygens (including phenoxy) is 1. The molecular formula is C26H34N2O2. The van der Waals surface area contributed by atoms with Crippen molar-refractivity contribution >= 4 is 6.09 Å². The van der Waals surface area contributed by atoms with E-state index in [0.29, 0.717) is 6.54 Å². The Labute approximate surface area is 180 Å². The molecule has 2 N–H and O–H groups in total. The lowest BCUT2D eigenvalue weighted by Crippen LogP contribution is -2.38. The molecule has 1 unspecified atom stereocenters. The molecule has 4 heteroatoms. The molecule has 0 bridgehead atoms. The highest BCUT2D eigenvalue weighted by Crippen LogP contribution is 2.33. The van der Waals surface area contributed by atoms with Crippen LogP contribution in [0, 0.1) is 13.8 Å². The predicted molar refractivity (Wildman–Crippen MR) is 121 cm³/mol. The number of benzene rings is 2. The number of amides is 1. The molecule has 2 aromatic rings. The van der Waals surface area contributed by atoms with E-state index in [9.17, 15) is 4.79 Å². The van der Waals surface area contributed by atoms with Crippen LogP contribution in [0.5, 0.6) is 0 Å². The summed E-state index contributed by atoms with van der Waals surface area (Å²) in [4.78, 5) is 12.4. The van der Waals surface area contributed by atoms with Crippen LogP contribution in [0.3, 0.4) is 0 Å². The van der Waals surface area contributed by atoms with E-state index in [1.165, 1.54) is 41.5 Å². The highest BCUT2D eigenvalue weighted by atomic mass is 16.6. The lowest BCUT2D eigenvalue weighted by atomic mass is 9.83. The van der Waals surface area contributed by atoms with Crippen molar-refractivity contribution in [2.24, 2.45) is 0 Å². The van der Waals surface area contributed by atoms with E-state index in [1.807, 2.05) is 0 Å². The van der Waals surface area contributed by atoms with Gasteiger partial charge in [0, 0.05) is 31.0 Å². The number of nitrogens with one attached hydrogen (secondary N) is 2. The zero-order valence-corrected chi connectivity index (χ0v) is 18.2. The Morgan fingerprint density at radius 3 is 2.07 bits per heavy atom. The monoisotopic (exact) mass is 406 g/mol. The summed E-state index contributed by atoms with van der Waals surface area (Å²) in [7, 11) is 0. The summed E-state index contributed by atoms with van der Waals surface area (Å²) in [5.74, 6) is 0.237. The molecule has 1 saturated carbocycles. The van der Waals surface area contributed by atoms with Crippen molar-refractivity contribution in [3.63, 3.8) is 0 Å². The van der Waals surface area contributed by atoms with Crippen molar-refractivity contribution in [3.8, 4) is 0 Å². The van der Waals surface area contributed by atoms with Crippen LogP contribution < -0.4 is 10.6 Å².